The number of hydrogen-bond donors (Lipinski definition) is 2. The standard InChI is InChI=1S/C24H21F3N4O5/c1-13-8-19(30-36-13)35-17-11-31(12-17)20-18(9-16(10-28-20)24(25,26)27)21(32)29-23(6-7-23)15-4-2-14(3-5-15)22(33)34/h2-5,8-10,17H,6-7,11-12H2,1H3,(H,29,32)(H,33,34). The van der Waals surface area contributed by atoms with Gasteiger partial charge >= 0.3 is 12.1 Å². The molecule has 1 aliphatic heterocycles. The van der Waals surface area contributed by atoms with E-state index in [1.54, 1.807) is 30.0 Å². The largest absolute Gasteiger partial charge is 0.478 e. The maximum absolute atomic E-state index is 13.4. The summed E-state index contributed by atoms with van der Waals surface area (Å²) in [6, 6.07) is 8.48. The number of aryl methyl sites for hydroxylation is 1. The number of amides is 1. The topological polar surface area (TPSA) is 118 Å². The van der Waals surface area contributed by atoms with Gasteiger partial charge in [-0.15, -0.1) is 0 Å². The Morgan fingerprint density at radius 2 is 1.89 bits per heavy atom. The first-order valence-electron chi connectivity index (χ1n) is 11.1. The lowest BCUT2D eigenvalue weighted by atomic mass is 10.0. The summed E-state index contributed by atoms with van der Waals surface area (Å²) in [6.45, 7) is 2.32. The van der Waals surface area contributed by atoms with Crippen LogP contribution in [0.3, 0.4) is 0 Å². The van der Waals surface area contributed by atoms with Gasteiger partial charge in [0, 0.05) is 12.3 Å². The van der Waals surface area contributed by atoms with Gasteiger partial charge < -0.3 is 24.6 Å². The summed E-state index contributed by atoms with van der Waals surface area (Å²) >= 11 is 0. The Morgan fingerprint density at radius 1 is 1.19 bits per heavy atom. The average Bonchev–Trinajstić information content (AvgIpc) is 3.47. The number of rotatable bonds is 7. The number of carbonyl (C=O) groups excluding carboxylic acids is 1. The second-order valence-electron chi connectivity index (χ2n) is 8.93. The van der Waals surface area contributed by atoms with E-state index >= 15 is 0 Å². The summed E-state index contributed by atoms with van der Waals surface area (Å²) in [5.41, 5.74) is -1.22. The molecule has 1 aliphatic carbocycles. The quantitative estimate of drug-likeness (QED) is 0.501. The van der Waals surface area contributed by atoms with Gasteiger partial charge in [-0.2, -0.15) is 13.2 Å². The first-order chi connectivity index (χ1) is 17.0. The average molecular weight is 502 g/mol. The van der Waals surface area contributed by atoms with Crippen molar-refractivity contribution in [2.75, 3.05) is 18.0 Å². The zero-order valence-electron chi connectivity index (χ0n) is 19.0. The SMILES string of the molecule is Cc1cc(OC2CN(c3ncc(C(F)(F)F)cc3C(=O)NC3(c4ccc(C(=O)O)cc4)CC3)C2)no1. The van der Waals surface area contributed by atoms with Gasteiger partial charge in [-0.25, -0.2) is 9.78 Å². The maximum Gasteiger partial charge on any atom is 0.417 e. The van der Waals surface area contributed by atoms with Gasteiger partial charge in [0.25, 0.3) is 11.8 Å². The number of aromatic nitrogens is 2. The Bertz CT molecular complexity index is 1310. The van der Waals surface area contributed by atoms with Crippen LogP contribution >= 0.6 is 0 Å². The molecule has 1 saturated heterocycles. The van der Waals surface area contributed by atoms with Gasteiger partial charge in [0.2, 0.25) is 0 Å². The van der Waals surface area contributed by atoms with Crippen LogP contribution < -0.4 is 15.0 Å². The van der Waals surface area contributed by atoms with Crippen molar-refractivity contribution in [3.05, 3.63) is 70.6 Å². The monoisotopic (exact) mass is 502 g/mol. The van der Waals surface area contributed by atoms with Gasteiger partial charge in [0.1, 0.15) is 17.7 Å². The highest BCUT2D eigenvalue weighted by atomic mass is 19.4. The fourth-order valence-electron chi connectivity index (χ4n) is 4.11. The molecule has 2 aromatic heterocycles. The number of benzene rings is 1. The molecule has 0 bridgehead atoms. The third-order valence-corrected chi connectivity index (χ3v) is 6.27. The van der Waals surface area contributed by atoms with Gasteiger partial charge in [-0.05, 0) is 48.7 Å². The number of aromatic carboxylic acids is 1. The fourth-order valence-corrected chi connectivity index (χ4v) is 4.11. The van der Waals surface area contributed by atoms with Crippen LogP contribution in [0.25, 0.3) is 0 Å². The summed E-state index contributed by atoms with van der Waals surface area (Å²) in [7, 11) is 0. The first kappa shape index (κ1) is 23.6. The molecule has 2 N–H and O–H groups in total. The van der Waals surface area contributed by atoms with Crippen LogP contribution in [0, 0.1) is 6.92 Å². The van der Waals surface area contributed by atoms with Crippen molar-refractivity contribution in [3.63, 3.8) is 0 Å². The lowest BCUT2D eigenvalue weighted by Crippen LogP contribution is -2.55. The van der Waals surface area contributed by atoms with E-state index in [4.69, 9.17) is 14.4 Å². The zero-order chi connectivity index (χ0) is 25.7. The van der Waals surface area contributed by atoms with E-state index in [2.05, 4.69) is 15.5 Å². The number of alkyl halides is 3. The van der Waals surface area contributed by atoms with E-state index in [1.807, 2.05) is 0 Å². The first-order valence-corrected chi connectivity index (χ1v) is 11.1. The van der Waals surface area contributed by atoms with Gasteiger partial charge in [-0.3, -0.25) is 4.79 Å². The number of nitrogens with one attached hydrogen (secondary N) is 1. The van der Waals surface area contributed by atoms with Gasteiger partial charge in [0.05, 0.1) is 35.3 Å². The van der Waals surface area contributed by atoms with Crippen LogP contribution in [0.1, 0.15) is 50.4 Å². The van der Waals surface area contributed by atoms with Crippen molar-refractivity contribution in [2.45, 2.75) is 37.6 Å². The van der Waals surface area contributed by atoms with Crippen molar-refractivity contribution >= 4 is 17.7 Å². The number of halogens is 3. The number of anilines is 1. The van der Waals surface area contributed by atoms with Crippen molar-refractivity contribution < 1.29 is 37.1 Å². The van der Waals surface area contributed by atoms with E-state index in [1.165, 1.54) is 12.1 Å². The Labute approximate surface area is 202 Å². The normalized spacial score (nSPS) is 16.8. The highest BCUT2D eigenvalue weighted by molar-refractivity contribution is 6.00. The van der Waals surface area contributed by atoms with Crippen LogP contribution in [0.2, 0.25) is 0 Å². The Hall–Kier alpha value is -4.09. The molecule has 9 nitrogen and oxygen atoms in total. The van der Waals surface area contributed by atoms with Crippen LogP contribution in [0.15, 0.2) is 47.1 Å². The molecular formula is C24H21F3N4O5. The molecule has 12 heteroatoms. The molecule has 1 amide bonds. The van der Waals surface area contributed by atoms with Gasteiger partial charge in [-0.1, -0.05) is 12.1 Å². The van der Waals surface area contributed by atoms with Crippen molar-refractivity contribution in [3.8, 4) is 5.88 Å². The van der Waals surface area contributed by atoms with Crippen molar-refractivity contribution in [1.29, 1.82) is 0 Å². The fraction of sp³-hybridized carbons (Fsp3) is 0.333. The molecule has 188 valence electrons. The Morgan fingerprint density at radius 3 is 2.44 bits per heavy atom. The van der Waals surface area contributed by atoms with Crippen LogP contribution in [0.4, 0.5) is 19.0 Å². The smallest absolute Gasteiger partial charge is 0.417 e. The minimum Gasteiger partial charge on any atom is -0.478 e. The molecule has 2 aliphatic rings. The van der Waals surface area contributed by atoms with E-state index in [9.17, 15) is 22.8 Å². The second-order valence-corrected chi connectivity index (χ2v) is 8.93. The summed E-state index contributed by atoms with van der Waals surface area (Å²) in [5.74, 6) is -0.768. The second kappa shape index (κ2) is 8.54. The molecule has 0 unspecified atom stereocenters. The number of pyridine rings is 1. The summed E-state index contributed by atoms with van der Waals surface area (Å²) in [6.07, 6.45) is -3.11. The third-order valence-electron chi connectivity index (χ3n) is 6.27. The predicted octanol–water partition coefficient (Wildman–Crippen LogP) is 3.78. The molecule has 0 atom stereocenters. The third kappa shape index (κ3) is 4.58. The maximum atomic E-state index is 13.4. The zero-order valence-corrected chi connectivity index (χ0v) is 19.0. The number of hydrogen-bond acceptors (Lipinski definition) is 7. The summed E-state index contributed by atoms with van der Waals surface area (Å²) in [5, 5.41) is 15.7. The molecule has 3 aromatic rings. The number of carboxylic acids is 1. The molecule has 5 rings (SSSR count). The summed E-state index contributed by atoms with van der Waals surface area (Å²) in [4.78, 5) is 30.0. The van der Waals surface area contributed by atoms with E-state index in [0.29, 0.717) is 49.3 Å². The van der Waals surface area contributed by atoms with Crippen molar-refractivity contribution in [2.24, 2.45) is 0 Å². The van der Waals surface area contributed by atoms with Crippen LogP contribution in [0.5, 0.6) is 5.88 Å². The molecule has 2 fully saturated rings. The lowest BCUT2D eigenvalue weighted by molar-refractivity contribution is -0.137. The van der Waals surface area contributed by atoms with Crippen molar-refractivity contribution in [1.82, 2.24) is 15.5 Å². The molecule has 1 saturated carbocycles. The lowest BCUT2D eigenvalue weighted by Gasteiger charge is -2.40. The minimum absolute atomic E-state index is 0.0978. The van der Waals surface area contributed by atoms with Crippen LogP contribution in [-0.2, 0) is 11.7 Å². The van der Waals surface area contributed by atoms with E-state index in [0.717, 1.165) is 6.07 Å². The van der Waals surface area contributed by atoms with E-state index < -0.39 is 29.2 Å². The molecule has 36 heavy (non-hydrogen) atoms. The molecule has 1 aromatic carbocycles. The highest BCUT2D eigenvalue weighted by Gasteiger charge is 2.47. The molecular weight excluding hydrogens is 481 g/mol. The van der Waals surface area contributed by atoms with E-state index in [-0.39, 0.29) is 23.0 Å². The number of carbonyl (C=O) groups is 2. The number of carboxylic acid groups (broad SMARTS) is 1. The number of nitrogens with zero attached hydrogens (tertiary/aromatic N) is 3. The minimum atomic E-state index is -4.67. The number of ether oxygens (including phenoxy) is 1. The Kier molecular flexibility index (Phi) is 5.61. The summed E-state index contributed by atoms with van der Waals surface area (Å²) < 4.78 is 50.9. The van der Waals surface area contributed by atoms with Crippen LogP contribution in [-0.4, -0.2) is 46.3 Å². The molecule has 3 heterocycles. The Balaban J connectivity index is 1.36. The highest BCUT2D eigenvalue weighted by Crippen LogP contribution is 2.46. The predicted molar refractivity (Wildman–Crippen MR) is 119 cm³/mol. The van der Waals surface area contributed by atoms with Gasteiger partial charge in [0.15, 0.2) is 0 Å². The molecule has 0 radical (unpaired) electrons. The molecule has 0 spiro atoms.